The van der Waals surface area contributed by atoms with Crippen LogP contribution in [0.4, 0.5) is 11.4 Å². The topological polar surface area (TPSA) is 98.6 Å². The number of nitrogens with zero attached hydrogens (tertiary/aromatic N) is 1. The Morgan fingerprint density at radius 1 is 1.60 bits per heavy atom. The molecule has 0 saturated heterocycles. The van der Waals surface area contributed by atoms with Crippen LogP contribution in [0.3, 0.4) is 0 Å². The van der Waals surface area contributed by atoms with Crippen LogP contribution in [0.1, 0.15) is 5.56 Å². The first-order chi connectivity index (χ1) is 7.11. The molecule has 0 radical (unpaired) electrons. The molecule has 0 bridgehead atoms. The summed E-state index contributed by atoms with van der Waals surface area (Å²) in [7, 11) is 1.39. The zero-order chi connectivity index (χ0) is 11.4. The average Bonchev–Trinajstić information content (AvgIpc) is 2.18. The van der Waals surface area contributed by atoms with Gasteiger partial charge in [0, 0.05) is 18.6 Å². The number of aliphatic hydroxyl groups is 1. The molecular formula is C9H12N2O4. The number of nitrogen functional groups attached to an aromatic ring is 1. The van der Waals surface area contributed by atoms with E-state index in [9.17, 15) is 10.1 Å². The number of nitro benzene ring substituents is 1. The van der Waals surface area contributed by atoms with E-state index in [0.717, 1.165) is 0 Å². The predicted molar refractivity (Wildman–Crippen MR) is 54.9 cm³/mol. The Kier molecular flexibility index (Phi) is 3.46. The Hall–Kier alpha value is -1.82. The standard InChI is InChI=1S/C9H12N2O4/c1-15-7-3-2-6(4-5-12)9(8(7)10)11(13)14/h2-3,12H,4-5,10H2,1H3. The molecule has 0 fully saturated rings. The highest BCUT2D eigenvalue weighted by Crippen LogP contribution is 2.34. The van der Waals surface area contributed by atoms with Gasteiger partial charge in [-0.15, -0.1) is 0 Å². The van der Waals surface area contributed by atoms with Crippen molar-refractivity contribution < 1.29 is 14.8 Å². The van der Waals surface area contributed by atoms with Gasteiger partial charge in [0.2, 0.25) is 0 Å². The summed E-state index contributed by atoms with van der Waals surface area (Å²) in [5, 5.41) is 19.5. The first-order valence-corrected chi connectivity index (χ1v) is 4.32. The summed E-state index contributed by atoms with van der Waals surface area (Å²) in [6, 6.07) is 3.08. The smallest absolute Gasteiger partial charge is 0.299 e. The van der Waals surface area contributed by atoms with E-state index in [1.807, 2.05) is 0 Å². The third-order valence-corrected chi connectivity index (χ3v) is 2.04. The first-order valence-electron chi connectivity index (χ1n) is 4.32. The van der Waals surface area contributed by atoms with Gasteiger partial charge in [0.25, 0.3) is 5.69 Å². The number of ether oxygens (including phenoxy) is 1. The number of methoxy groups -OCH3 is 1. The van der Waals surface area contributed by atoms with Crippen LogP contribution in [0.5, 0.6) is 5.75 Å². The Morgan fingerprint density at radius 2 is 2.27 bits per heavy atom. The van der Waals surface area contributed by atoms with E-state index in [-0.39, 0.29) is 30.2 Å². The number of nitro groups is 1. The van der Waals surface area contributed by atoms with Crippen molar-refractivity contribution >= 4 is 11.4 Å². The predicted octanol–water partition coefficient (Wildman–Crippen LogP) is 0.720. The molecule has 1 aromatic carbocycles. The van der Waals surface area contributed by atoms with E-state index >= 15 is 0 Å². The third kappa shape index (κ3) is 2.16. The van der Waals surface area contributed by atoms with E-state index in [0.29, 0.717) is 5.56 Å². The Morgan fingerprint density at radius 3 is 2.73 bits per heavy atom. The number of benzene rings is 1. The monoisotopic (exact) mass is 212 g/mol. The fraction of sp³-hybridized carbons (Fsp3) is 0.333. The molecular weight excluding hydrogens is 200 g/mol. The van der Waals surface area contributed by atoms with Crippen LogP contribution < -0.4 is 10.5 Å². The second-order valence-electron chi connectivity index (χ2n) is 2.92. The zero-order valence-electron chi connectivity index (χ0n) is 8.27. The van der Waals surface area contributed by atoms with E-state index in [4.69, 9.17) is 15.6 Å². The molecule has 1 rings (SSSR count). The largest absolute Gasteiger partial charge is 0.494 e. The molecule has 82 valence electrons. The fourth-order valence-electron chi connectivity index (χ4n) is 1.35. The lowest BCUT2D eigenvalue weighted by molar-refractivity contribution is -0.384. The molecule has 0 aliphatic carbocycles. The first kappa shape index (κ1) is 11.3. The highest BCUT2D eigenvalue weighted by Gasteiger charge is 2.20. The molecule has 3 N–H and O–H groups in total. The average molecular weight is 212 g/mol. The Labute approximate surface area is 86.4 Å². The fourth-order valence-corrected chi connectivity index (χ4v) is 1.35. The molecule has 0 saturated carbocycles. The van der Waals surface area contributed by atoms with Gasteiger partial charge in [-0.1, -0.05) is 0 Å². The van der Waals surface area contributed by atoms with Crippen molar-refractivity contribution in [3.05, 3.63) is 27.8 Å². The lowest BCUT2D eigenvalue weighted by atomic mass is 10.1. The van der Waals surface area contributed by atoms with Gasteiger partial charge in [-0.3, -0.25) is 10.1 Å². The molecule has 1 aromatic rings. The van der Waals surface area contributed by atoms with Crippen molar-refractivity contribution in [2.45, 2.75) is 6.42 Å². The molecule has 6 nitrogen and oxygen atoms in total. The van der Waals surface area contributed by atoms with Crippen molar-refractivity contribution in [3.63, 3.8) is 0 Å². The quantitative estimate of drug-likeness (QED) is 0.435. The molecule has 15 heavy (non-hydrogen) atoms. The number of anilines is 1. The van der Waals surface area contributed by atoms with Gasteiger partial charge in [-0.05, 0) is 12.1 Å². The van der Waals surface area contributed by atoms with Gasteiger partial charge in [0.05, 0.1) is 12.0 Å². The van der Waals surface area contributed by atoms with Gasteiger partial charge in [-0.2, -0.15) is 0 Å². The summed E-state index contributed by atoms with van der Waals surface area (Å²) in [4.78, 5) is 10.2. The second kappa shape index (κ2) is 4.61. The van der Waals surface area contributed by atoms with E-state index in [2.05, 4.69) is 0 Å². The van der Waals surface area contributed by atoms with Crippen LogP contribution in [-0.4, -0.2) is 23.7 Å². The molecule has 0 aromatic heterocycles. The molecule has 0 aliphatic rings. The Balaban J connectivity index is 3.30. The lowest BCUT2D eigenvalue weighted by Crippen LogP contribution is -2.04. The number of aliphatic hydroxyl groups excluding tert-OH is 1. The molecule has 0 unspecified atom stereocenters. The summed E-state index contributed by atoms with van der Waals surface area (Å²) in [6.45, 7) is -0.160. The van der Waals surface area contributed by atoms with Gasteiger partial charge in [-0.25, -0.2) is 0 Å². The van der Waals surface area contributed by atoms with Gasteiger partial charge >= 0.3 is 0 Å². The van der Waals surface area contributed by atoms with Crippen LogP contribution in [-0.2, 0) is 6.42 Å². The molecule has 6 heteroatoms. The summed E-state index contributed by atoms with van der Waals surface area (Å²) in [5.41, 5.74) is 5.78. The molecule has 0 atom stereocenters. The van der Waals surface area contributed by atoms with Gasteiger partial charge < -0.3 is 15.6 Å². The van der Waals surface area contributed by atoms with Crippen molar-refractivity contribution in [3.8, 4) is 5.75 Å². The number of nitrogens with two attached hydrogens (primary N) is 1. The van der Waals surface area contributed by atoms with E-state index < -0.39 is 4.92 Å². The highest BCUT2D eigenvalue weighted by atomic mass is 16.6. The maximum absolute atomic E-state index is 10.8. The SMILES string of the molecule is COc1ccc(CCO)c([N+](=O)[O-])c1N. The minimum Gasteiger partial charge on any atom is -0.494 e. The second-order valence-corrected chi connectivity index (χ2v) is 2.92. The van der Waals surface area contributed by atoms with Gasteiger partial charge in [0.1, 0.15) is 5.75 Å². The van der Waals surface area contributed by atoms with Crippen LogP contribution in [0.2, 0.25) is 0 Å². The molecule has 0 heterocycles. The summed E-state index contributed by atoms with van der Waals surface area (Å²) in [5.74, 6) is 0.267. The maximum Gasteiger partial charge on any atom is 0.299 e. The summed E-state index contributed by atoms with van der Waals surface area (Å²) < 4.78 is 4.88. The van der Waals surface area contributed by atoms with Crippen LogP contribution >= 0.6 is 0 Å². The van der Waals surface area contributed by atoms with Crippen molar-refractivity contribution in [2.75, 3.05) is 19.5 Å². The minimum absolute atomic E-state index is 0.00606. The zero-order valence-corrected chi connectivity index (χ0v) is 8.27. The normalized spacial score (nSPS) is 10.0. The van der Waals surface area contributed by atoms with Crippen LogP contribution in [0.25, 0.3) is 0 Å². The van der Waals surface area contributed by atoms with Crippen molar-refractivity contribution in [1.82, 2.24) is 0 Å². The third-order valence-electron chi connectivity index (χ3n) is 2.04. The summed E-state index contributed by atoms with van der Waals surface area (Å²) >= 11 is 0. The number of rotatable bonds is 4. The van der Waals surface area contributed by atoms with Crippen LogP contribution in [0, 0.1) is 10.1 Å². The van der Waals surface area contributed by atoms with E-state index in [1.54, 1.807) is 6.07 Å². The Bertz CT molecular complexity index is 379. The minimum atomic E-state index is -0.567. The highest BCUT2D eigenvalue weighted by molar-refractivity contribution is 5.70. The molecule has 0 amide bonds. The van der Waals surface area contributed by atoms with Crippen LogP contribution in [0.15, 0.2) is 12.1 Å². The van der Waals surface area contributed by atoms with Gasteiger partial charge in [0.15, 0.2) is 5.69 Å². The summed E-state index contributed by atoms with van der Waals surface area (Å²) in [6.07, 6.45) is 0.199. The maximum atomic E-state index is 10.8. The lowest BCUT2D eigenvalue weighted by Gasteiger charge is -2.07. The molecule has 0 spiro atoms. The molecule has 0 aliphatic heterocycles. The number of hydrogen-bond donors (Lipinski definition) is 2. The van der Waals surface area contributed by atoms with Crippen molar-refractivity contribution in [2.24, 2.45) is 0 Å². The van der Waals surface area contributed by atoms with E-state index in [1.165, 1.54) is 13.2 Å². The van der Waals surface area contributed by atoms with Crippen molar-refractivity contribution in [1.29, 1.82) is 0 Å². The number of hydrogen-bond acceptors (Lipinski definition) is 5.